The molecule has 4 atom stereocenters. The summed E-state index contributed by atoms with van der Waals surface area (Å²) in [4.78, 5) is 36.9. The van der Waals surface area contributed by atoms with Gasteiger partial charge >= 0.3 is 11.7 Å². The first-order valence-electron chi connectivity index (χ1n) is 7.65. The number of nitriles is 1. The highest BCUT2D eigenvalue weighted by molar-refractivity contribution is 5.76. The summed E-state index contributed by atoms with van der Waals surface area (Å²) in [6, 6.07) is 2.57. The van der Waals surface area contributed by atoms with Gasteiger partial charge in [0.05, 0.1) is 12.0 Å². The van der Waals surface area contributed by atoms with Crippen LogP contribution >= 0.6 is 0 Å². The van der Waals surface area contributed by atoms with Crippen LogP contribution in [0.15, 0.2) is 21.9 Å². The molecule has 26 heavy (non-hydrogen) atoms. The molecule has 2 heterocycles. The zero-order valence-electron chi connectivity index (χ0n) is 14.1. The highest BCUT2D eigenvalue weighted by atomic mass is 16.6. The number of carbonyl (C=O) groups is 1. The molecule has 1 aromatic heterocycles. The van der Waals surface area contributed by atoms with Crippen molar-refractivity contribution in [3.63, 3.8) is 0 Å². The van der Waals surface area contributed by atoms with E-state index in [9.17, 15) is 29.9 Å². The number of H-pyrrole nitrogens is 1. The Morgan fingerprint density at radius 2 is 2.15 bits per heavy atom. The highest BCUT2D eigenvalue weighted by Gasteiger charge is 2.57. The van der Waals surface area contributed by atoms with Crippen LogP contribution in [0.25, 0.3) is 0 Å². The molecule has 0 spiro atoms. The minimum Gasteiger partial charge on any atom is -0.462 e. The Kier molecular flexibility index (Phi) is 5.33. The lowest BCUT2D eigenvalue weighted by atomic mass is 9.95. The maximum absolute atomic E-state index is 12.0. The lowest BCUT2D eigenvalue weighted by molar-refractivity contribution is -0.165. The van der Waals surface area contributed by atoms with Crippen molar-refractivity contribution < 1.29 is 29.6 Å². The number of esters is 1. The molecule has 1 aromatic rings. The molecule has 2 rings (SSSR count). The average molecular weight is 369 g/mol. The van der Waals surface area contributed by atoms with Crippen molar-refractivity contribution in [1.29, 1.82) is 5.26 Å². The zero-order chi connectivity index (χ0) is 19.7. The van der Waals surface area contributed by atoms with E-state index in [0.29, 0.717) is 4.57 Å². The van der Waals surface area contributed by atoms with E-state index in [-0.39, 0.29) is 0 Å². The number of aromatic amines is 1. The maximum atomic E-state index is 12.0. The molecular formula is C15H19N3O8. The summed E-state index contributed by atoms with van der Waals surface area (Å²) in [5.74, 6) is -0.777. The van der Waals surface area contributed by atoms with Gasteiger partial charge in [0, 0.05) is 12.3 Å². The van der Waals surface area contributed by atoms with Crippen LogP contribution in [-0.2, 0) is 20.0 Å². The van der Waals surface area contributed by atoms with Crippen LogP contribution in [0.5, 0.6) is 0 Å². The van der Waals surface area contributed by atoms with Gasteiger partial charge in [-0.3, -0.25) is 19.1 Å². The van der Waals surface area contributed by atoms with E-state index in [1.807, 2.05) is 4.98 Å². The van der Waals surface area contributed by atoms with Crippen LogP contribution in [-0.4, -0.2) is 62.4 Å². The van der Waals surface area contributed by atoms with Gasteiger partial charge in [0.2, 0.25) is 0 Å². The van der Waals surface area contributed by atoms with E-state index >= 15 is 0 Å². The van der Waals surface area contributed by atoms with Crippen LogP contribution in [0.2, 0.25) is 0 Å². The van der Waals surface area contributed by atoms with E-state index in [0.717, 1.165) is 12.3 Å². The van der Waals surface area contributed by atoms with Gasteiger partial charge in [0.25, 0.3) is 11.3 Å². The molecule has 0 aliphatic carbocycles. The minimum atomic E-state index is -2.32. The summed E-state index contributed by atoms with van der Waals surface area (Å²) in [5, 5.41) is 39.0. The van der Waals surface area contributed by atoms with Crippen molar-refractivity contribution in [3.05, 3.63) is 33.1 Å². The number of nitrogens with zero attached hydrogens (tertiary/aromatic N) is 2. The summed E-state index contributed by atoms with van der Waals surface area (Å²) < 4.78 is 11.0. The number of rotatable bonds is 5. The Balaban J connectivity index is 2.27. The number of ether oxygens (including phenoxy) is 2. The number of nitrogens with one attached hydrogen (secondary N) is 1. The lowest BCUT2D eigenvalue weighted by Crippen LogP contribution is -2.50. The first kappa shape index (κ1) is 19.8. The van der Waals surface area contributed by atoms with E-state index in [1.165, 1.54) is 13.8 Å². The summed E-state index contributed by atoms with van der Waals surface area (Å²) >= 11 is 0. The summed E-state index contributed by atoms with van der Waals surface area (Å²) in [5.41, 5.74) is -5.25. The maximum Gasteiger partial charge on any atom is 0.331 e. The Labute approximate surface area is 147 Å². The minimum absolute atomic E-state index is 0.475. The molecule has 0 saturated carbocycles. The molecule has 1 saturated heterocycles. The Morgan fingerprint density at radius 3 is 2.69 bits per heavy atom. The molecule has 4 N–H and O–H groups in total. The Morgan fingerprint density at radius 1 is 1.50 bits per heavy atom. The number of hydrogen-bond donors (Lipinski definition) is 4. The molecule has 11 heteroatoms. The van der Waals surface area contributed by atoms with Gasteiger partial charge < -0.3 is 24.8 Å². The fraction of sp³-hybridized carbons (Fsp3) is 0.600. The molecule has 1 fully saturated rings. The van der Waals surface area contributed by atoms with Gasteiger partial charge in [-0.05, 0) is 13.8 Å². The van der Waals surface area contributed by atoms with Crippen molar-refractivity contribution in [1.82, 2.24) is 9.55 Å². The molecule has 0 amide bonds. The number of carbonyl (C=O) groups excluding carboxylic acids is 1. The second-order valence-electron chi connectivity index (χ2n) is 6.52. The van der Waals surface area contributed by atoms with Crippen molar-refractivity contribution in [3.8, 4) is 6.07 Å². The number of aromatic nitrogens is 2. The number of aliphatic hydroxyl groups excluding tert-OH is 3. The summed E-state index contributed by atoms with van der Waals surface area (Å²) in [6.07, 6.45) is -3.88. The molecule has 0 radical (unpaired) electrons. The van der Waals surface area contributed by atoms with Gasteiger partial charge in [-0.1, -0.05) is 0 Å². The quantitative estimate of drug-likeness (QED) is 0.405. The van der Waals surface area contributed by atoms with Crippen LogP contribution in [0.1, 0.15) is 13.8 Å². The first-order valence-corrected chi connectivity index (χ1v) is 7.65. The van der Waals surface area contributed by atoms with Gasteiger partial charge in [-0.25, -0.2) is 4.79 Å². The van der Waals surface area contributed by atoms with Crippen LogP contribution in [0.4, 0.5) is 0 Å². The predicted octanol–water partition coefficient (Wildman–Crippen LogP) is -2.60. The highest BCUT2D eigenvalue weighted by Crippen LogP contribution is 2.34. The largest absolute Gasteiger partial charge is 0.462 e. The Hall–Kier alpha value is -2.52. The molecular weight excluding hydrogens is 350 g/mol. The van der Waals surface area contributed by atoms with Crippen LogP contribution in [0, 0.1) is 16.7 Å². The predicted molar refractivity (Wildman–Crippen MR) is 83.6 cm³/mol. The van der Waals surface area contributed by atoms with Crippen molar-refractivity contribution in [2.75, 3.05) is 13.2 Å². The standard InChI is InChI=1S/C15H19N3O8/c1-14(2,7-19)12(23)25-5-8-10(21)11(22)15(6-16,26-8)18-4-3-9(20)17-13(18)24/h3-4,8,10-11,19,21-22H,5,7H2,1-2H3,(H,17,20,24)/t8-,10?,11?,15-/m1/s1. The van der Waals surface area contributed by atoms with Crippen molar-refractivity contribution in [2.24, 2.45) is 5.41 Å². The molecule has 0 bridgehead atoms. The van der Waals surface area contributed by atoms with E-state index in [1.54, 1.807) is 6.07 Å². The smallest absolute Gasteiger partial charge is 0.331 e. The normalized spacial score (nSPS) is 28.5. The number of hydrogen-bond acceptors (Lipinski definition) is 9. The van der Waals surface area contributed by atoms with Gasteiger partial charge in [-0.2, -0.15) is 5.26 Å². The fourth-order valence-electron chi connectivity index (χ4n) is 2.38. The van der Waals surface area contributed by atoms with Gasteiger partial charge in [0.1, 0.15) is 31.0 Å². The first-order chi connectivity index (χ1) is 12.1. The fourth-order valence-corrected chi connectivity index (χ4v) is 2.38. The second-order valence-corrected chi connectivity index (χ2v) is 6.52. The SMILES string of the molecule is CC(C)(CO)C(=O)OC[C@H]1O[C@@](C#N)(n2ccc(=O)[nH]c2=O)C(O)C1O. The average Bonchev–Trinajstić information content (AvgIpc) is 2.85. The molecule has 1 aliphatic rings. The summed E-state index contributed by atoms with van der Waals surface area (Å²) in [6.45, 7) is 1.88. The van der Waals surface area contributed by atoms with Crippen LogP contribution < -0.4 is 11.2 Å². The topological polar surface area (TPSA) is 175 Å². The lowest BCUT2D eigenvalue weighted by Gasteiger charge is -2.26. The third kappa shape index (κ3) is 3.27. The third-order valence-corrected chi connectivity index (χ3v) is 4.10. The Bertz CT molecular complexity index is 838. The molecule has 0 aromatic carbocycles. The molecule has 1 aliphatic heterocycles. The van der Waals surface area contributed by atoms with Gasteiger partial charge in [0.15, 0.2) is 0 Å². The van der Waals surface area contributed by atoms with Crippen molar-refractivity contribution in [2.45, 2.75) is 37.9 Å². The van der Waals surface area contributed by atoms with Gasteiger partial charge in [-0.15, -0.1) is 0 Å². The third-order valence-electron chi connectivity index (χ3n) is 4.10. The molecule has 2 unspecified atom stereocenters. The number of aliphatic hydroxyl groups is 3. The molecule has 11 nitrogen and oxygen atoms in total. The molecule has 142 valence electrons. The van der Waals surface area contributed by atoms with E-state index < -0.39 is 59.9 Å². The van der Waals surface area contributed by atoms with Crippen molar-refractivity contribution >= 4 is 5.97 Å². The second kappa shape index (κ2) is 7.00. The summed E-state index contributed by atoms with van der Waals surface area (Å²) in [7, 11) is 0. The monoisotopic (exact) mass is 369 g/mol. The zero-order valence-corrected chi connectivity index (χ0v) is 14.1. The van der Waals surface area contributed by atoms with E-state index in [4.69, 9.17) is 14.6 Å². The van der Waals surface area contributed by atoms with E-state index in [2.05, 4.69) is 0 Å². The van der Waals surface area contributed by atoms with Crippen LogP contribution in [0.3, 0.4) is 0 Å².